The number of carbonyl (C=O) groups excluding carboxylic acids is 1. The lowest BCUT2D eigenvalue weighted by Crippen LogP contribution is -2.41. The van der Waals surface area contributed by atoms with Crippen molar-refractivity contribution in [2.75, 3.05) is 31.2 Å². The molecule has 0 saturated carbocycles. The summed E-state index contributed by atoms with van der Waals surface area (Å²) in [6.07, 6.45) is 5.02. The number of benzene rings is 1. The van der Waals surface area contributed by atoms with Gasteiger partial charge in [0, 0.05) is 19.0 Å². The number of piperidine rings is 1. The number of carbonyl (C=O) groups is 1. The molecule has 4 N–H and O–H groups in total. The molecule has 0 spiro atoms. The van der Waals surface area contributed by atoms with Gasteiger partial charge in [-0.2, -0.15) is 4.98 Å². The van der Waals surface area contributed by atoms with Crippen LogP contribution in [0, 0.1) is 11.3 Å². The van der Waals surface area contributed by atoms with E-state index >= 15 is 0 Å². The summed E-state index contributed by atoms with van der Waals surface area (Å²) in [4.78, 5) is 18.8. The molecular formula is C27H38N4O5. The van der Waals surface area contributed by atoms with Crippen molar-refractivity contribution in [2.24, 2.45) is 17.1 Å². The number of aromatic nitrogens is 2. The van der Waals surface area contributed by atoms with Gasteiger partial charge in [-0.25, -0.2) is 0 Å². The van der Waals surface area contributed by atoms with Gasteiger partial charge in [-0.05, 0) is 67.7 Å². The van der Waals surface area contributed by atoms with E-state index in [0.29, 0.717) is 37.8 Å². The van der Waals surface area contributed by atoms with Crippen LogP contribution in [0.25, 0.3) is 5.57 Å². The molecule has 196 valence electrons. The molecule has 9 nitrogen and oxygen atoms in total. The Bertz CT molecular complexity index is 1040. The summed E-state index contributed by atoms with van der Waals surface area (Å²) in [5.41, 5.74) is 7.11. The van der Waals surface area contributed by atoms with Crippen molar-refractivity contribution >= 4 is 17.5 Å². The molecule has 1 aliphatic carbocycles. The fourth-order valence-corrected chi connectivity index (χ4v) is 5.04. The van der Waals surface area contributed by atoms with E-state index in [1.807, 2.05) is 30.3 Å². The minimum absolute atomic E-state index is 0.183. The van der Waals surface area contributed by atoms with Gasteiger partial charge in [0.05, 0.1) is 24.7 Å². The monoisotopic (exact) mass is 498 g/mol. The van der Waals surface area contributed by atoms with Gasteiger partial charge in [0.15, 0.2) is 5.82 Å². The summed E-state index contributed by atoms with van der Waals surface area (Å²) in [6, 6.07) is 8.69. The maximum atomic E-state index is 12.1. The molecule has 0 bridgehead atoms. The summed E-state index contributed by atoms with van der Waals surface area (Å²) >= 11 is 0. The maximum absolute atomic E-state index is 12.1. The molecule has 0 radical (unpaired) electrons. The Hall–Kier alpha value is -2.91. The number of nitrogens with two attached hydrogens (primary N) is 1. The molecule has 1 amide bonds. The topological polar surface area (TPSA) is 135 Å². The van der Waals surface area contributed by atoms with Crippen LogP contribution in [-0.4, -0.2) is 58.7 Å². The number of ether oxygens (including phenoxy) is 1. The van der Waals surface area contributed by atoms with E-state index in [1.54, 1.807) is 0 Å². The van der Waals surface area contributed by atoms with E-state index in [4.69, 9.17) is 15.0 Å². The van der Waals surface area contributed by atoms with Crippen LogP contribution in [0.4, 0.5) is 6.01 Å². The predicted octanol–water partition coefficient (Wildman–Crippen LogP) is 3.27. The van der Waals surface area contributed by atoms with Crippen molar-refractivity contribution in [2.45, 2.75) is 64.4 Å². The Balaban J connectivity index is 1.26. The van der Waals surface area contributed by atoms with Crippen molar-refractivity contribution in [3.63, 3.8) is 0 Å². The number of amides is 1. The van der Waals surface area contributed by atoms with Crippen LogP contribution in [0.3, 0.4) is 0 Å². The maximum Gasteiger partial charge on any atom is 0.324 e. The third-order valence-corrected chi connectivity index (χ3v) is 7.52. The van der Waals surface area contributed by atoms with Gasteiger partial charge in [-0.15, -0.1) is 0 Å². The number of nitrogens with zero attached hydrogens (tertiary/aromatic N) is 3. The second-order valence-electron chi connectivity index (χ2n) is 10.5. The lowest BCUT2D eigenvalue weighted by molar-refractivity contribution is -0.130. The van der Waals surface area contributed by atoms with E-state index in [2.05, 4.69) is 28.9 Å². The van der Waals surface area contributed by atoms with Gasteiger partial charge in [-0.3, -0.25) is 4.79 Å². The van der Waals surface area contributed by atoms with Crippen molar-refractivity contribution in [1.82, 2.24) is 10.1 Å². The third-order valence-electron chi connectivity index (χ3n) is 7.52. The van der Waals surface area contributed by atoms with Crippen LogP contribution < -0.4 is 15.4 Å². The largest absolute Gasteiger partial charge is 0.493 e. The first-order chi connectivity index (χ1) is 17.3. The van der Waals surface area contributed by atoms with E-state index in [9.17, 15) is 15.0 Å². The summed E-state index contributed by atoms with van der Waals surface area (Å²) in [5, 5.41) is 23.1. The predicted molar refractivity (Wildman–Crippen MR) is 136 cm³/mol. The first kappa shape index (κ1) is 26.2. The Morgan fingerprint density at radius 3 is 2.56 bits per heavy atom. The average molecular weight is 499 g/mol. The summed E-state index contributed by atoms with van der Waals surface area (Å²) in [7, 11) is 0. The van der Waals surface area contributed by atoms with E-state index in [1.165, 1.54) is 0 Å². The minimum atomic E-state index is -0.937. The molecule has 2 atom stereocenters. The molecule has 4 rings (SSSR count). The third kappa shape index (κ3) is 6.07. The molecule has 1 aromatic carbocycles. The number of aliphatic hydroxyl groups excluding tert-OH is 2. The van der Waals surface area contributed by atoms with Crippen LogP contribution in [0.5, 0.6) is 5.75 Å². The van der Waals surface area contributed by atoms with Crippen LogP contribution >= 0.6 is 0 Å². The molecule has 1 unspecified atom stereocenters. The van der Waals surface area contributed by atoms with E-state index < -0.39 is 17.4 Å². The normalized spacial score (nSPS) is 21.9. The molecular weight excluding hydrogens is 460 g/mol. The lowest BCUT2D eigenvalue weighted by atomic mass is 9.70. The van der Waals surface area contributed by atoms with Gasteiger partial charge in [0.25, 0.3) is 0 Å². The highest BCUT2D eigenvalue weighted by atomic mass is 16.5. The molecule has 2 aromatic rings. The second-order valence-corrected chi connectivity index (χ2v) is 10.5. The molecule has 9 heteroatoms. The zero-order chi connectivity index (χ0) is 25.7. The van der Waals surface area contributed by atoms with Crippen LogP contribution in [0.1, 0.15) is 69.7 Å². The van der Waals surface area contributed by atoms with Gasteiger partial charge in [0.2, 0.25) is 5.91 Å². The highest BCUT2D eigenvalue weighted by Gasteiger charge is 2.39. The van der Waals surface area contributed by atoms with Crippen molar-refractivity contribution < 1.29 is 24.3 Å². The Morgan fingerprint density at radius 1 is 1.28 bits per heavy atom. The zero-order valence-corrected chi connectivity index (χ0v) is 21.2. The number of hydrogen-bond donors (Lipinski definition) is 3. The van der Waals surface area contributed by atoms with Gasteiger partial charge < -0.3 is 30.1 Å². The average Bonchev–Trinajstić information content (AvgIpc) is 3.39. The first-order valence-electron chi connectivity index (χ1n) is 12.9. The molecule has 1 aromatic heterocycles. The van der Waals surface area contributed by atoms with Gasteiger partial charge in [-0.1, -0.05) is 37.2 Å². The van der Waals surface area contributed by atoms with Crippen molar-refractivity contribution in [1.29, 1.82) is 0 Å². The quantitative estimate of drug-likeness (QED) is 0.454. The smallest absolute Gasteiger partial charge is 0.324 e. The number of hydrogen-bond acceptors (Lipinski definition) is 8. The number of primary amides is 1. The Labute approximate surface area is 212 Å². The van der Waals surface area contributed by atoms with Crippen molar-refractivity contribution in [3.8, 4) is 5.75 Å². The zero-order valence-electron chi connectivity index (χ0n) is 21.2. The highest BCUT2D eigenvalue weighted by molar-refractivity contribution is 5.83. The SMILES string of the molecule is CC(C)c1noc(N2CCC(COc3ccc(C4=CCC(C[C@H](O)CO)(C(N)=O)CC4)cc3)CC2)n1. The van der Waals surface area contributed by atoms with Gasteiger partial charge >= 0.3 is 6.01 Å². The molecule has 2 heterocycles. The van der Waals surface area contributed by atoms with Gasteiger partial charge in [0.1, 0.15) is 5.75 Å². The number of rotatable bonds is 10. The standard InChI is InChI=1S/C27H38N4O5/c1-18(2)24-29-26(36-30-24)31-13-9-19(10-14-31)17-35-23-5-3-20(4-6-23)21-7-11-27(12-8-21,25(28)34)15-22(33)16-32/h3-7,18-19,22,32-33H,8-17H2,1-2H3,(H2,28,34)/t22-,27?/m0/s1. The number of anilines is 1. The molecule has 1 fully saturated rings. The number of aliphatic hydroxyl groups is 2. The Morgan fingerprint density at radius 2 is 2.00 bits per heavy atom. The van der Waals surface area contributed by atoms with E-state index in [0.717, 1.165) is 48.6 Å². The van der Waals surface area contributed by atoms with E-state index in [-0.39, 0.29) is 18.9 Å². The summed E-state index contributed by atoms with van der Waals surface area (Å²) < 4.78 is 11.5. The fourth-order valence-electron chi connectivity index (χ4n) is 5.04. The van der Waals surface area contributed by atoms with Crippen LogP contribution in [0.2, 0.25) is 0 Å². The molecule has 1 aliphatic heterocycles. The molecule has 2 aliphatic rings. The minimum Gasteiger partial charge on any atom is -0.493 e. The summed E-state index contributed by atoms with van der Waals surface area (Å²) in [5.74, 6) is 1.90. The van der Waals surface area contributed by atoms with Crippen LogP contribution in [-0.2, 0) is 4.79 Å². The fraction of sp³-hybridized carbons (Fsp3) is 0.593. The lowest BCUT2D eigenvalue weighted by Gasteiger charge is -2.35. The first-order valence-corrected chi connectivity index (χ1v) is 12.9. The summed E-state index contributed by atoms with van der Waals surface area (Å²) in [6.45, 7) is 6.16. The highest BCUT2D eigenvalue weighted by Crippen LogP contribution is 2.42. The second kappa shape index (κ2) is 11.4. The number of allylic oxidation sites excluding steroid dienone is 2. The molecule has 36 heavy (non-hydrogen) atoms. The molecule has 1 saturated heterocycles. The Kier molecular flexibility index (Phi) is 8.31. The van der Waals surface area contributed by atoms with Crippen molar-refractivity contribution in [3.05, 3.63) is 41.7 Å². The van der Waals surface area contributed by atoms with Crippen LogP contribution in [0.15, 0.2) is 34.9 Å².